The van der Waals surface area contributed by atoms with Crippen LogP contribution in [0.2, 0.25) is 0 Å². The van der Waals surface area contributed by atoms with E-state index >= 15 is 0 Å². The topological polar surface area (TPSA) is 56.6 Å². The minimum Gasteiger partial charge on any atom is -0.486 e. The zero-order valence-corrected chi connectivity index (χ0v) is 16.6. The molecule has 0 fully saturated rings. The number of ether oxygens (including phenoxy) is 2. The van der Waals surface area contributed by atoms with Crippen LogP contribution in [0.1, 0.15) is 10.5 Å². The molecule has 2 aromatic carbocycles. The van der Waals surface area contributed by atoms with E-state index in [0.29, 0.717) is 24.6 Å². The van der Waals surface area contributed by atoms with Gasteiger partial charge in [0.2, 0.25) is 0 Å². The fourth-order valence-corrected chi connectivity index (χ4v) is 3.74. The maximum absolute atomic E-state index is 13.1. The third-order valence-corrected chi connectivity index (χ3v) is 5.19. The molecule has 1 amide bonds. The summed E-state index contributed by atoms with van der Waals surface area (Å²) in [6, 6.07) is 17.3. The average Bonchev–Trinajstić information content (AvgIpc) is 3.17. The van der Waals surface area contributed by atoms with E-state index in [1.165, 1.54) is 11.8 Å². The minimum absolute atomic E-state index is 0.112. The second-order valence-corrected chi connectivity index (χ2v) is 7.26. The molecule has 3 aromatic rings. The highest BCUT2D eigenvalue weighted by molar-refractivity contribution is 7.98. The maximum Gasteiger partial charge on any atom is 0.272 e. The van der Waals surface area contributed by atoms with Gasteiger partial charge in [-0.3, -0.25) is 9.36 Å². The Balaban J connectivity index is 1.53. The summed E-state index contributed by atoms with van der Waals surface area (Å²) in [5.41, 5.74) is 1.43. The Labute approximate surface area is 168 Å². The molecular weight excluding hydrogens is 374 g/mol. The standard InChI is InChI=1S/C21H21N3O3S/c1-23(13-16-14-26-18-10-6-7-11-19(18)27-16)20(25)17-12-22-21(28-2)24(17)15-8-4-3-5-9-15/h3-12,16H,13-14H2,1-2H3/t16-/m1/s1. The highest BCUT2D eigenvalue weighted by Gasteiger charge is 2.26. The average molecular weight is 395 g/mol. The summed E-state index contributed by atoms with van der Waals surface area (Å²) in [6.45, 7) is 0.824. The van der Waals surface area contributed by atoms with Crippen LogP contribution >= 0.6 is 11.8 Å². The van der Waals surface area contributed by atoms with Gasteiger partial charge in [-0.2, -0.15) is 0 Å². The van der Waals surface area contributed by atoms with E-state index in [1.54, 1.807) is 18.1 Å². The van der Waals surface area contributed by atoms with Crippen molar-refractivity contribution in [3.8, 4) is 17.2 Å². The fourth-order valence-electron chi connectivity index (χ4n) is 3.19. The number of hydrogen-bond donors (Lipinski definition) is 0. The quantitative estimate of drug-likeness (QED) is 0.619. The summed E-state index contributed by atoms with van der Waals surface area (Å²) < 4.78 is 13.6. The van der Waals surface area contributed by atoms with E-state index < -0.39 is 0 Å². The molecule has 1 atom stereocenters. The van der Waals surface area contributed by atoms with Crippen LogP contribution in [0.25, 0.3) is 5.69 Å². The van der Waals surface area contributed by atoms with Crippen LogP contribution in [0.5, 0.6) is 11.5 Å². The van der Waals surface area contributed by atoms with Crippen molar-refractivity contribution in [3.05, 3.63) is 66.5 Å². The third kappa shape index (κ3) is 3.57. The number of carbonyl (C=O) groups excluding carboxylic acids is 1. The molecule has 0 bridgehead atoms. The SMILES string of the molecule is CSc1ncc(C(=O)N(C)C[C@@H]2COc3ccccc3O2)n1-c1ccccc1. The van der Waals surface area contributed by atoms with E-state index in [0.717, 1.165) is 16.6 Å². The van der Waals surface area contributed by atoms with Crippen molar-refractivity contribution in [1.29, 1.82) is 0 Å². The molecule has 144 valence electrons. The molecule has 7 heteroatoms. The smallest absolute Gasteiger partial charge is 0.272 e. The van der Waals surface area contributed by atoms with Crippen molar-refractivity contribution in [3.63, 3.8) is 0 Å². The number of carbonyl (C=O) groups is 1. The van der Waals surface area contributed by atoms with Gasteiger partial charge in [0.05, 0.1) is 12.7 Å². The molecule has 2 heterocycles. The number of aromatic nitrogens is 2. The van der Waals surface area contributed by atoms with Crippen LogP contribution in [-0.4, -0.2) is 52.9 Å². The molecule has 0 radical (unpaired) electrons. The van der Waals surface area contributed by atoms with E-state index in [2.05, 4.69) is 4.98 Å². The largest absolute Gasteiger partial charge is 0.486 e. The van der Waals surface area contributed by atoms with Crippen molar-refractivity contribution >= 4 is 17.7 Å². The van der Waals surface area contributed by atoms with Crippen LogP contribution in [0.4, 0.5) is 0 Å². The molecule has 0 saturated carbocycles. The Morgan fingerprint density at radius 2 is 1.89 bits per heavy atom. The zero-order valence-electron chi connectivity index (χ0n) is 15.7. The van der Waals surface area contributed by atoms with Crippen LogP contribution in [0, 0.1) is 0 Å². The second kappa shape index (κ2) is 7.98. The van der Waals surface area contributed by atoms with Gasteiger partial charge in [0.25, 0.3) is 5.91 Å². The summed E-state index contributed by atoms with van der Waals surface area (Å²) in [5, 5.41) is 0.772. The number of thioether (sulfide) groups is 1. The summed E-state index contributed by atoms with van der Waals surface area (Å²) >= 11 is 1.50. The van der Waals surface area contributed by atoms with Crippen molar-refractivity contribution < 1.29 is 14.3 Å². The molecule has 0 unspecified atom stereocenters. The van der Waals surface area contributed by atoms with Gasteiger partial charge in [-0.15, -0.1) is 0 Å². The van der Waals surface area contributed by atoms with Gasteiger partial charge >= 0.3 is 0 Å². The monoisotopic (exact) mass is 395 g/mol. The molecule has 4 rings (SSSR count). The van der Waals surface area contributed by atoms with Crippen molar-refractivity contribution in [1.82, 2.24) is 14.5 Å². The molecule has 0 N–H and O–H groups in total. The van der Waals surface area contributed by atoms with Crippen LogP contribution < -0.4 is 9.47 Å². The molecule has 0 aliphatic carbocycles. The number of nitrogens with zero attached hydrogens (tertiary/aromatic N) is 3. The number of fused-ring (bicyclic) bond motifs is 1. The molecule has 28 heavy (non-hydrogen) atoms. The Bertz CT molecular complexity index is 974. The maximum atomic E-state index is 13.1. The number of rotatable bonds is 5. The van der Waals surface area contributed by atoms with Crippen LogP contribution in [-0.2, 0) is 0 Å². The highest BCUT2D eigenvalue weighted by atomic mass is 32.2. The van der Waals surface area contributed by atoms with Crippen molar-refractivity contribution in [2.24, 2.45) is 0 Å². The lowest BCUT2D eigenvalue weighted by atomic mass is 10.2. The predicted octanol–water partition coefficient (Wildman–Crippen LogP) is 3.51. The van der Waals surface area contributed by atoms with Crippen molar-refractivity contribution in [2.45, 2.75) is 11.3 Å². The van der Waals surface area contributed by atoms with Gasteiger partial charge in [-0.1, -0.05) is 42.1 Å². The fraction of sp³-hybridized carbons (Fsp3) is 0.238. The van der Waals surface area contributed by atoms with Gasteiger partial charge in [0.15, 0.2) is 22.8 Å². The van der Waals surface area contributed by atoms with Crippen LogP contribution in [0.15, 0.2) is 66.0 Å². The first-order valence-electron chi connectivity index (χ1n) is 8.98. The molecule has 1 aromatic heterocycles. The van der Waals surface area contributed by atoms with E-state index in [4.69, 9.17) is 9.47 Å². The Morgan fingerprint density at radius 1 is 1.18 bits per heavy atom. The predicted molar refractivity (Wildman–Crippen MR) is 109 cm³/mol. The zero-order chi connectivity index (χ0) is 19.5. The lowest BCUT2D eigenvalue weighted by Crippen LogP contribution is -2.42. The molecule has 0 spiro atoms. The van der Waals surface area contributed by atoms with Gasteiger partial charge < -0.3 is 14.4 Å². The number of likely N-dealkylation sites (N-methyl/N-ethyl adjacent to an activating group) is 1. The Hall–Kier alpha value is -2.93. The first kappa shape index (κ1) is 18.4. The molecular formula is C21H21N3O3S. The van der Waals surface area contributed by atoms with Gasteiger partial charge in [0, 0.05) is 12.7 Å². The summed E-state index contributed by atoms with van der Waals surface area (Å²) in [4.78, 5) is 19.2. The van der Waals surface area contributed by atoms with Gasteiger partial charge in [-0.05, 0) is 30.5 Å². The lowest BCUT2D eigenvalue weighted by Gasteiger charge is -2.29. The molecule has 1 aliphatic heterocycles. The molecule has 6 nitrogen and oxygen atoms in total. The number of para-hydroxylation sites is 3. The number of benzene rings is 2. The Morgan fingerprint density at radius 3 is 2.64 bits per heavy atom. The second-order valence-electron chi connectivity index (χ2n) is 6.48. The first-order chi connectivity index (χ1) is 13.7. The van der Waals surface area contributed by atoms with E-state index in [1.807, 2.05) is 65.4 Å². The Kier molecular flexibility index (Phi) is 5.25. The minimum atomic E-state index is -0.225. The molecule has 1 aliphatic rings. The summed E-state index contributed by atoms with van der Waals surface area (Å²) in [7, 11) is 1.77. The number of amides is 1. The summed E-state index contributed by atoms with van der Waals surface area (Å²) in [6.07, 6.45) is 3.35. The third-order valence-electron chi connectivity index (χ3n) is 4.54. The highest BCUT2D eigenvalue weighted by Crippen LogP contribution is 2.31. The lowest BCUT2D eigenvalue weighted by molar-refractivity contribution is 0.0515. The van der Waals surface area contributed by atoms with Gasteiger partial charge in [-0.25, -0.2) is 4.98 Å². The number of imidazole rings is 1. The van der Waals surface area contributed by atoms with Crippen molar-refractivity contribution in [2.75, 3.05) is 26.5 Å². The number of hydrogen-bond acceptors (Lipinski definition) is 5. The normalized spacial score (nSPS) is 15.3. The first-order valence-corrected chi connectivity index (χ1v) is 10.2. The summed E-state index contributed by atoms with van der Waals surface area (Å²) in [5.74, 6) is 1.33. The van der Waals surface area contributed by atoms with Gasteiger partial charge in [0.1, 0.15) is 12.3 Å². The van der Waals surface area contributed by atoms with E-state index in [9.17, 15) is 4.79 Å². The molecule has 0 saturated heterocycles. The van der Waals surface area contributed by atoms with E-state index in [-0.39, 0.29) is 12.0 Å². The van der Waals surface area contributed by atoms with Crippen LogP contribution in [0.3, 0.4) is 0 Å².